The van der Waals surface area contributed by atoms with Crippen LogP contribution in [0.1, 0.15) is 31.0 Å². The first-order valence-electron chi connectivity index (χ1n) is 7.06. The second-order valence-electron chi connectivity index (χ2n) is 4.66. The quantitative estimate of drug-likeness (QED) is 0.866. The highest BCUT2D eigenvalue weighted by Crippen LogP contribution is 2.27. The van der Waals surface area contributed by atoms with E-state index in [0.717, 1.165) is 23.4 Å². The van der Waals surface area contributed by atoms with Gasteiger partial charge < -0.3 is 10.1 Å². The molecule has 1 atom stereocenters. The molecule has 2 rings (SSSR count). The summed E-state index contributed by atoms with van der Waals surface area (Å²) < 4.78 is 33.0. The van der Waals surface area contributed by atoms with Crippen molar-refractivity contribution in [2.24, 2.45) is 0 Å². The van der Waals surface area contributed by atoms with Gasteiger partial charge in [-0.3, -0.25) is 0 Å². The van der Waals surface area contributed by atoms with Crippen LogP contribution in [0, 0.1) is 11.6 Å². The molecule has 2 aromatic rings. The molecule has 0 aliphatic heterocycles. The van der Waals surface area contributed by atoms with Crippen molar-refractivity contribution in [2.75, 3.05) is 13.2 Å². The molecule has 0 bridgehead atoms. The average Bonchev–Trinajstić information content (AvgIpc) is 2.48. The van der Waals surface area contributed by atoms with E-state index in [-0.39, 0.29) is 0 Å². The number of hydrogen-bond acceptors (Lipinski definition) is 2. The summed E-state index contributed by atoms with van der Waals surface area (Å²) in [5.41, 5.74) is 1.14. The second-order valence-corrected chi connectivity index (χ2v) is 4.66. The van der Waals surface area contributed by atoms with Crippen LogP contribution in [0.4, 0.5) is 8.78 Å². The molecule has 0 aliphatic carbocycles. The van der Waals surface area contributed by atoms with E-state index in [1.54, 1.807) is 0 Å². The maximum Gasteiger partial charge on any atom is 0.128 e. The van der Waals surface area contributed by atoms with Crippen molar-refractivity contribution in [2.45, 2.75) is 19.9 Å². The predicted octanol–water partition coefficient (Wildman–Crippen LogP) is 4.06. The summed E-state index contributed by atoms with van der Waals surface area (Å²) in [6.45, 7) is 5.03. The van der Waals surface area contributed by atoms with Gasteiger partial charge in [-0.05, 0) is 49.4 Å². The Labute approximate surface area is 123 Å². The maximum atomic E-state index is 14.0. The topological polar surface area (TPSA) is 21.3 Å². The average molecular weight is 291 g/mol. The van der Waals surface area contributed by atoms with Crippen molar-refractivity contribution < 1.29 is 13.5 Å². The Morgan fingerprint density at radius 1 is 1.10 bits per heavy atom. The van der Waals surface area contributed by atoms with Gasteiger partial charge in [-0.2, -0.15) is 0 Å². The number of rotatable bonds is 6. The fraction of sp³-hybridized carbons (Fsp3) is 0.294. The van der Waals surface area contributed by atoms with Crippen molar-refractivity contribution in [1.82, 2.24) is 5.32 Å². The van der Waals surface area contributed by atoms with Gasteiger partial charge in [-0.25, -0.2) is 8.78 Å². The molecule has 0 saturated heterocycles. The van der Waals surface area contributed by atoms with E-state index >= 15 is 0 Å². The summed E-state index contributed by atoms with van der Waals surface area (Å²) in [7, 11) is 0. The minimum absolute atomic E-state index is 0.297. The lowest BCUT2D eigenvalue weighted by Gasteiger charge is -2.20. The number of benzene rings is 2. The smallest absolute Gasteiger partial charge is 0.128 e. The van der Waals surface area contributed by atoms with E-state index in [1.165, 1.54) is 6.07 Å². The van der Waals surface area contributed by atoms with Gasteiger partial charge in [0.1, 0.15) is 17.4 Å². The summed E-state index contributed by atoms with van der Waals surface area (Å²) in [6.07, 6.45) is 0. The molecule has 2 aromatic carbocycles. The lowest BCUT2D eigenvalue weighted by atomic mass is 9.97. The molecule has 1 N–H and O–H groups in total. The third-order valence-corrected chi connectivity index (χ3v) is 3.18. The van der Waals surface area contributed by atoms with E-state index in [1.807, 2.05) is 38.1 Å². The summed E-state index contributed by atoms with van der Waals surface area (Å²) in [5.74, 6) is -0.158. The zero-order valence-electron chi connectivity index (χ0n) is 12.2. The molecule has 0 fully saturated rings. The highest BCUT2D eigenvalue weighted by Gasteiger charge is 2.18. The van der Waals surface area contributed by atoms with E-state index in [4.69, 9.17) is 4.74 Å². The van der Waals surface area contributed by atoms with Crippen LogP contribution in [0.15, 0.2) is 42.5 Å². The van der Waals surface area contributed by atoms with E-state index in [0.29, 0.717) is 18.7 Å². The summed E-state index contributed by atoms with van der Waals surface area (Å²) in [4.78, 5) is 0. The Bertz CT molecular complexity index is 601. The first kappa shape index (κ1) is 15.4. The molecule has 0 spiro atoms. The fourth-order valence-corrected chi connectivity index (χ4v) is 2.30. The monoisotopic (exact) mass is 291 g/mol. The van der Waals surface area contributed by atoms with Gasteiger partial charge >= 0.3 is 0 Å². The van der Waals surface area contributed by atoms with Crippen LogP contribution in [-0.4, -0.2) is 13.2 Å². The van der Waals surface area contributed by atoms with Gasteiger partial charge in [-0.1, -0.05) is 19.1 Å². The Morgan fingerprint density at radius 3 is 2.62 bits per heavy atom. The predicted molar refractivity (Wildman–Crippen MR) is 79.5 cm³/mol. The first-order chi connectivity index (χ1) is 10.2. The Balaban J connectivity index is 2.42. The van der Waals surface area contributed by atoms with Gasteiger partial charge in [0.25, 0.3) is 0 Å². The minimum atomic E-state index is -0.449. The van der Waals surface area contributed by atoms with Crippen molar-refractivity contribution in [3.05, 3.63) is 65.2 Å². The van der Waals surface area contributed by atoms with Crippen LogP contribution in [0.25, 0.3) is 0 Å². The second kappa shape index (κ2) is 7.18. The van der Waals surface area contributed by atoms with Crippen molar-refractivity contribution in [3.63, 3.8) is 0 Å². The maximum absolute atomic E-state index is 14.0. The molecular formula is C17H19F2NO. The molecule has 0 amide bonds. The molecule has 0 radical (unpaired) electrons. The third kappa shape index (κ3) is 3.79. The molecular weight excluding hydrogens is 272 g/mol. The molecule has 0 saturated carbocycles. The number of hydrogen-bond donors (Lipinski definition) is 1. The van der Waals surface area contributed by atoms with Crippen molar-refractivity contribution in [3.8, 4) is 5.75 Å². The highest BCUT2D eigenvalue weighted by molar-refractivity contribution is 5.37. The first-order valence-corrected chi connectivity index (χ1v) is 7.06. The van der Waals surface area contributed by atoms with E-state index in [9.17, 15) is 8.78 Å². The molecule has 0 heterocycles. The van der Waals surface area contributed by atoms with Crippen LogP contribution in [-0.2, 0) is 0 Å². The number of ether oxygens (including phenoxy) is 1. The number of nitrogens with one attached hydrogen (secondary N) is 1. The summed E-state index contributed by atoms with van der Waals surface area (Å²) >= 11 is 0. The van der Waals surface area contributed by atoms with Gasteiger partial charge in [0.05, 0.1) is 12.6 Å². The SMILES string of the molecule is CCNC(c1cccc(OCC)c1)c1cc(F)ccc1F. The van der Waals surface area contributed by atoms with E-state index in [2.05, 4.69) is 5.32 Å². The van der Waals surface area contributed by atoms with Gasteiger partial charge in [-0.15, -0.1) is 0 Å². The van der Waals surface area contributed by atoms with Crippen molar-refractivity contribution in [1.29, 1.82) is 0 Å². The normalized spacial score (nSPS) is 12.2. The molecule has 2 nitrogen and oxygen atoms in total. The molecule has 1 unspecified atom stereocenters. The van der Waals surface area contributed by atoms with Gasteiger partial charge in [0.2, 0.25) is 0 Å². The zero-order chi connectivity index (χ0) is 15.2. The minimum Gasteiger partial charge on any atom is -0.494 e. The van der Waals surface area contributed by atoms with Gasteiger partial charge in [0, 0.05) is 5.56 Å². The van der Waals surface area contributed by atoms with Crippen LogP contribution in [0.5, 0.6) is 5.75 Å². The lowest BCUT2D eigenvalue weighted by Crippen LogP contribution is -2.23. The van der Waals surface area contributed by atoms with Crippen LogP contribution in [0.3, 0.4) is 0 Å². The number of halogens is 2. The van der Waals surface area contributed by atoms with Crippen LogP contribution >= 0.6 is 0 Å². The third-order valence-electron chi connectivity index (χ3n) is 3.18. The summed E-state index contributed by atoms with van der Waals surface area (Å²) in [6, 6.07) is 10.5. The van der Waals surface area contributed by atoms with Crippen LogP contribution in [0.2, 0.25) is 0 Å². The lowest BCUT2D eigenvalue weighted by molar-refractivity contribution is 0.339. The molecule has 0 aromatic heterocycles. The zero-order valence-corrected chi connectivity index (χ0v) is 12.2. The molecule has 4 heteroatoms. The Kier molecular flexibility index (Phi) is 5.28. The molecule has 21 heavy (non-hydrogen) atoms. The highest BCUT2D eigenvalue weighted by atomic mass is 19.1. The molecule has 112 valence electrons. The largest absolute Gasteiger partial charge is 0.494 e. The fourth-order valence-electron chi connectivity index (χ4n) is 2.30. The molecule has 0 aliphatic rings. The Morgan fingerprint density at radius 2 is 1.90 bits per heavy atom. The van der Waals surface area contributed by atoms with Gasteiger partial charge in [0.15, 0.2) is 0 Å². The Hall–Kier alpha value is -1.94. The standard InChI is InChI=1S/C17H19F2NO/c1-3-20-17(15-11-13(18)8-9-16(15)19)12-6-5-7-14(10-12)21-4-2/h5-11,17,20H,3-4H2,1-2H3. The van der Waals surface area contributed by atoms with E-state index < -0.39 is 17.7 Å². The van der Waals surface area contributed by atoms with Crippen LogP contribution < -0.4 is 10.1 Å². The van der Waals surface area contributed by atoms with Crippen molar-refractivity contribution >= 4 is 0 Å². The summed E-state index contributed by atoms with van der Waals surface area (Å²) in [5, 5.41) is 3.19.